The zero-order valence-electron chi connectivity index (χ0n) is 11.0. The first-order chi connectivity index (χ1) is 9.63. The quantitative estimate of drug-likeness (QED) is 0.910. The second kappa shape index (κ2) is 6.19. The number of hydrogen-bond donors (Lipinski definition) is 1. The summed E-state index contributed by atoms with van der Waals surface area (Å²) in [5.41, 5.74) is 0.927. The second-order valence-corrected chi connectivity index (χ2v) is 4.43. The molecule has 0 bridgehead atoms. The number of rotatable bonds is 5. The zero-order chi connectivity index (χ0) is 14.5. The number of para-hydroxylation sites is 1. The van der Waals surface area contributed by atoms with E-state index in [1.165, 1.54) is 13.2 Å². The van der Waals surface area contributed by atoms with E-state index in [4.69, 9.17) is 4.74 Å². The van der Waals surface area contributed by atoms with Gasteiger partial charge in [-0.2, -0.15) is 0 Å². The lowest BCUT2D eigenvalue weighted by Gasteiger charge is -2.16. The summed E-state index contributed by atoms with van der Waals surface area (Å²) in [7, 11) is 1.49. The molecule has 1 atom stereocenters. The highest BCUT2D eigenvalue weighted by molar-refractivity contribution is 5.77. The first-order valence-corrected chi connectivity index (χ1v) is 6.22. The molecule has 0 spiro atoms. The van der Waals surface area contributed by atoms with Gasteiger partial charge in [-0.1, -0.05) is 36.4 Å². The Bertz CT molecular complexity index is 610. The summed E-state index contributed by atoms with van der Waals surface area (Å²) >= 11 is 0. The Morgan fingerprint density at radius 1 is 1.20 bits per heavy atom. The maximum absolute atomic E-state index is 13.7. The van der Waals surface area contributed by atoms with Crippen LogP contribution in [-0.2, 0) is 11.2 Å². The van der Waals surface area contributed by atoms with Crippen LogP contribution in [0.3, 0.4) is 0 Å². The van der Waals surface area contributed by atoms with Gasteiger partial charge >= 0.3 is 5.97 Å². The van der Waals surface area contributed by atoms with Gasteiger partial charge in [0.15, 0.2) is 0 Å². The summed E-state index contributed by atoms with van der Waals surface area (Å²) in [5, 5.41) is 9.42. The van der Waals surface area contributed by atoms with E-state index in [1.54, 1.807) is 42.5 Å². The number of hydrogen-bond acceptors (Lipinski definition) is 2. The van der Waals surface area contributed by atoms with E-state index < -0.39 is 17.7 Å². The number of aliphatic carboxylic acids is 1. The van der Waals surface area contributed by atoms with Crippen LogP contribution in [-0.4, -0.2) is 18.2 Å². The van der Waals surface area contributed by atoms with Gasteiger partial charge in [-0.15, -0.1) is 0 Å². The first kappa shape index (κ1) is 14.1. The van der Waals surface area contributed by atoms with Gasteiger partial charge in [0.05, 0.1) is 13.0 Å². The molecule has 104 valence electrons. The molecule has 2 rings (SSSR count). The van der Waals surface area contributed by atoms with Gasteiger partial charge in [0.2, 0.25) is 0 Å². The molecular formula is C16H15FO3. The lowest BCUT2D eigenvalue weighted by atomic mass is 9.91. The molecule has 0 heterocycles. The summed E-state index contributed by atoms with van der Waals surface area (Å²) < 4.78 is 18.9. The van der Waals surface area contributed by atoms with Crippen molar-refractivity contribution >= 4 is 5.97 Å². The highest BCUT2D eigenvalue weighted by Gasteiger charge is 2.24. The number of carboxylic acid groups (broad SMARTS) is 1. The minimum Gasteiger partial charge on any atom is -0.496 e. The minimum atomic E-state index is -1.00. The van der Waals surface area contributed by atoms with E-state index in [2.05, 4.69) is 0 Å². The standard InChI is InChI=1S/C16H15FO3/c1-20-15-9-5-3-7-12(15)13(16(18)19)10-11-6-2-4-8-14(11)17/h2-9,13H,10H2,1H3,(H,18,19). The zero-order valence-corrected chi connectivity index (χ0v) is 11.0. The fourth-order valence-corrected chi connectivity index (χ4v) is 2.17. The smallest absolute Gasteiger partial charge is 0.311 e. The maximum Gasteiger partial charge on any atom is 0.311 e. The molecule has 4 heteroatoms. The van der Waals surface area contributed by atoms with Gasteiger partial charge < -0.3 is 9.84 Å². The summed E-state index contributed by atoms with van der Waals surface area (Å²) in [6, 6.07) is 13.1. The predicted octanol–water partition coefficient (Wildman–Crippen LogP) is 3.25. The van der Waals surface area contributed by atoms with Crippen molar-refractivity contribution in [1.82, 2.24) is 0 Å². The molecule has 20 heavy (non-hydrogen) atoms. The fraction of sp³-hybridized carbons (Fsp3) is 0.188. The van der Waals surface area contributed by atoms with E-state index in [1.807, 2.05) is 0 Å². The monoisotopic (exact) mass is 274 g/mol. The molecule has 0 aliphatic heterocycles. The largest absolute Gasteiger partial charge is 0.496 e. The molecule has 0 saturated carbocycles. The Balaban J connectivity index is 2.37. The third kappa shape index (κ3) is 2.96. The average Bonchev–Trinajstić information content (AvgIpc) is 2.46. The Morgan fingerprint density at radius 2 is 1.85 bits per heavy atom. The van der Waals surface area contributed by atoms with Gasteiger partial charge in [-0.05, 0) is 24.1 Å². The van der Waals surface area contributed by atoms with Crippen LogP contribution in [0.4, 0.5) is 4.39 Å². The molecule has 0 saturated heterocycles. The molecular weight excluding hydrogens is 259 g/mol. The van der Waals surface area contributed by atoms with Crippen molar-refractivity contribution in [3.8, 4) is 5.75 Å². The molecule has 2 aromatic rings. The Hall–Kier alpha value is -2.36. The van der Waals surface area contributed by atoms with E-state index in [9.17, 15) is 14.3 Å². The number of methoxy groups -OCH3 is 1. The fourth-order valence-electron chi connectivity index (χ4n) is 2.17. The van der Waals surface area contributed by atoms with E-state index in [0.717, 1.165) is 0 Å². The first-order valence-electron chi connectivity index (χ1n) is 6.22. The van der Waals surface area contributed by atoms with Crippen LogP contribution in [0.25, 0.3) is 0 Å². The lowest BCUT2D eigenvalue weighted by molar-refractivity contribution is -0.138. The second-order valence-electron chi connectivity index (χ2n) is 4.43. The van der Waals surface area contributed by atoms with Crippen molar-refractivity contribution in [3.63, 3.8) is 0 Å². The van der Waals surface area contributed by atoms with Crippen LogP contribution in [0.5, 0.6) is 5.75 Å². The Kier molecular flexibility index (Phi) is 4.35. The van der Waals surface area contributed by atoms with Crippen LogP contribution in [0.2, 0.25) is 0 Å². The van der Waals surface area contributed by atoms with Crippen LogP contribution in [0.1, 0.15) is 17.0 Å². The molecule has 0 aromatic heterocycles. The van der Waals surface area contributed by atoms with Gasteiger partial charge in [-0.25, -0.2) is 4.39 Å². The van der Waals surface area contributed by atoms with Crippen molar-refractivity contribution in [1.29, 1.82) is 0 Å². The van der Waals surface area contributed by atoms with Crippen molar-refractivity contribution in [2.24, 2.45) is 0 Å². The molecule has 1 N–H and O–H groups in total. The van der Waals surface area contributed by atoms with Crippen LogP contribution < -0.4 is 4.74 Å². The van der Waals surface area contributed by atoms with Crippen molar-refractivity contribution in [2.45, 2.75) is 12.3 Å². The third-order valence-corrected chi connectivity index (χ3v) is 3.19. The van der Waals surface area contributed by atoms with Crippen LogP contribution >= 0.6 is 0 Å². The molecule has 0 aliphatic rings. The van der Waals surface area contributed by atoms with Crippen molar-refractivity contribution in [2.75, 3.05) is 7.11 Å². The summed E-state index contributed by atoms with van der Waals surface area (Å²) in [6.45, 7) is 0. The summed E-state index contributed by atoms with van der Waals surface area (Å²) in [5.74, 6) is -1.74. The van der Waals surface area contributed by atoms with Crippen LogP contribution in [0, 0.1) is 5.82 Å². The lowest BCUT2D eigenvalue weighted by Crippen LogP contribution is -2.16. The molecule has 0 aliphatic carbocycles. The number of ether oxygens (including phenoxy) is 1. The summed E-state index contributed by atoms with van der Waals surface area (Å²) in [6.07, 6.45) is 0.0857. The topological polar surface area (TPSA) is 46.5 Å². The molecule has 0 radical (unpaired) electrons. The van der Waals surface area contributed by atoms with E-state index >= 15 is 0 Å². The number of halogens is 1. The SMILES string of the molecule is COc1ccccc1C(Cc1ccccc1F)C(=O)O. The maximum atomic E-state index is 13.7. The average molecular weight is 274 g/mol. The van der Waals surface area contributed by atoms with Gasteiger partial charge in [-0.3, -0.25) is 4.79 Å². The third-order valence-electron chi connectivity index (χ3n) is 3.19. The van der Waals surface area contributed by atoms with Gasteiger partial charge in [0, 0.05) is 5.56 Å². The van der Waals surface area contributed by atoms with E-state index in [-0.39, 0.29) is 6.42 Å². The number of benzene rings is 2. The molecule has 3 nitrogen and oxygen atoms in total. The Labute approximate surface area is 116 Å². The molecule has 0 amide bonds. The van der Waals surface area contributed by atoms with Crippen molar-refractivity contribution in [3.05, 3.63) is 65.5 Å². The minimum absolute atomic E-state index is 0.0857. The van der Waals surface area contributed by atoms with Gasteiger partial charge in [0.25, 0.3) is 0 Å². The molecule has 0 fully saturated rings. The summed E-state index contributed by atoms with van der Waals surface area (Å²) in [4.78, 5) is 11.5. The van der Waals surface area contributed by atoms with E-state index in [0.29, 0.717) is 16.9 Å². The highest BCUT2D eigenvalue weighted by atomic mass is 19.1. The predicted molar refractivity (Wildman–Crippen MR) is 73.5 cm³/mol. The number of carbonyl (C=O) groups is 1. The number of carboxylic acids is 1. The Morgan fingerprint density at radius 3 is 2.50 bits per heavy atom. The molecule has 1 unspecified atom stereocenters. The van der Waals surface area contributed by atoms with Gasteiger partial charge in [0.1, 0.15) is 11.6 Å². The highest BCUT2D eigenvalue weighted by Crippen LogP contribution is 2.30. The normalized spacial score (nSPS) is 11.9. The molecule has 2 aromatic carbocycles. The van der Waals surface area contributed by atoms with Crippen LogP contribution in [0.15, 0.2) is 48.5 Å². The van der Waals surface area contributed by atoms with Crippen molar-refractivity contribution < 1.29 is 19.0 Å².